The zero-order chi connectivity index (χ0) is 13.1. The van der Waals surface area contributed by atoms with E-state index in [2.05, 4.69) is 33.0 Å². The maximum absolute atomic E-state index is 12.1. The quantitative estimate of drug-likeness (QED) is 0.792. The Morgan fingerprint density at radius 1 is 1.35 bits per heavy atom. The summed E-state index contributed by atoms with van der Waals surface area (Å²) in [6.45, 7) is 9.17. The summed E-state index contributed by atoms with van der Waals surface area (Å²) in [6, 6.07) is 0.364. The van der Waals surface area contributed by atoms with Crippen molar-refractivity contribution in [3.05, 3.63) is 0 Å². The first-order chi connectivity index (χ1) is 7.85. The number of hydrogen-bond acceptors (Lipinski definition) is 2. The molecule has 1 amide bonds. The molecule has 3 N–H and O–H groups in total. The highest BCUT2D eigenvalue weighted by Gasteiger charge is 2.29. The Hall–Kier alpha value is -0.570. The molecule has 3 heteroatoms. The average Bonchev–Trinajstić information content (AvgIpc) is 2.21. The van der Waals surface area contributed by atoms with Crippen molar-refractivity contribution in [1.29, 1.82) is 0 Å². The Morgan fingerprint density at radius 2 is 1.88 bits per heavy atom. The summed E-state index contributed by atoms with van der Waals surface area (Å²) in [5.41, 5.74) is 6.11. The minimum absolute atomic E-state index is 0.0371. The normalized spacial score (nSPS) is 22.5. The monoisotopic (exact) mass is 240 g/mol. The average molecular weight is 240 g/mol. The van der Waals surface area contributed by atoms with E-state index in [0.717, 1.165) is 12.8 Å². The first-order valence-corrected chi connectivity index (χ1v) is 6.86. The fourth-order valence-corrected chi connectivity index (χ4v) is 2.53. The molecule has 0 radical (unpaired) electrons. The summed E-state index contributed by atoms with van der Waals surface area (Å²) in [5.74, 6) is 0.428. The molecule has 1 aliphatic carbocycles. The van der Waals surface area contributed by atoms with Gasteiger partial charge in [-0.15, -0.1) is 0 Å². The van der Waals surface area contributed by atoms with Gasteiger partial charge < -0.3 is 11.1 Å². The highest BCUT2D eigenvalue weighted by Crippen LogP contribution is 2.35. The van der Waals surface area contributed by atoms with E-state index >= 15 is 0 Å². The molecule has 17 heavy (non-hydrogen) atoms. The molecule has 0 bridgehead atoms. The van der Waals surface area contributed by atoms with Gasteiger partial charge in [-0.25, -0.2) is 0 Å². The predicted molar refractivity (Wildman–Crippen MR) is 71.6 cm³/mol. The van der Waals surface area contributed by atoms with E-state index in [4.69, 9.17) is 5.73 Å². The van der Waals surface area contributed by atoms with Crippen LogP contribution in [-0.2, 0) is 4.79 Å². The fraction of sp³-hybridized carbons (Fsp3) is 0.929. The molecule has 0 spiro atoms. The van der Waals surface area contributed by atoms with Gasteiger partial charge in [-0.1, -0.05) is 27.7 Å². The van der Waals surface area contributed by atoms with Gasteiger partial charge >= 0.3 is 0 Å². The molecule has 0 aromatic rings. The molecule has 0 aliphatic heterocycles. The van der Waals surface area contributed by atoms with Gasteiger partial charge in [-0.05, 0) is 37.0 Å². The second-order valence-corrected chi connectivity index (χ2v) is 6.53. The number of carbonyl (C=O) groups excluding carboxylic acids is 1. The third kappa shape index (κ3) is 4.30. The van der Waals surface area contributed by atoms with E-state index in [1.807, 2.05) is 0 Å². The summed E-state index contributed by atoms with van der Waals surface area (Å²) in [7, 11) is 0. The third-order valence-electron chi connectivity index (χ3n) is 4.08. The minimum atomic E-state index is -0.0371. The molecule has 1 fully saturated rings. The van der Waals surface area contributed by atoms with Crippen LogP contribution in [0.1, 0.15) is 53.4 Å². The van der Waals surface area contributed by atoms with Crippen molar-refractivity contribution >= 4 is 5.91 Å². The molecule has 0 aromatic heterocycles. The van der Waals surface area contributed by atoms with E-state index in [-0.39, 0.29) is 11.8 Å². The standard InChI is InChI=1S/C14H28N2O/c1-10(2)12(9-15)13(17)16-11-5-7-14(3,4)8-6-11/h10-12H,5-9,15H2,1-4H3,(H,16,17). The van der Waals surface area contributed by atoms with Crippen molar-refractivity contribution in [1.82, 2.24) is 5.32 Å². The lowest BCUT2D eigenvalue weighted by atomic mass is 9.75. The Morgan fingerprint density at radius 3 is 2.29 bits per heavy atom. The van der Waals surface area contributed by atoms with E-state index in [1.165, 1.54) is 12.8 Å². The molecule has 100 valence electrons. The highest BCUT2D eigenvalue weighted by molar-refractivity contribution is 5.79. The van der Waals surface area contributed by atoms with E-state index in [0.29, 0.717) is 23.9 Å². The van der Waals surface area contributed by atoms with Crippen molar-refractivity contribution in [2.24, 2.45) is 23.0 Å². The second kappa shape index (κ2) is 5.85. The number of nitrogens with two attached hydrogens (primary N) is 1. The molecule has 1 saturated carbocycles. The van der Waals surface area contributed by atoms with Gasteiger partial charge in [0.15, 0.2) is 0 Å². The van der Waals surface area contributed by atoms with Crippen LogP contribution in [0, 0.1) is 17.3 Å². The van der Waals surface area contributed by atoms with Crippen LogP contribution in [0.25, 0.3) is 0 Å². The molecule has 1 unspecified atom stereocenters. The lowest BCUT2D eigenvalue weighted by Gasteiger charge is -2.35. The molecule has 1 rings (SSSR count). The van der Waals surface area contributed by atoms with Crippen LogP contribution in [0.15, 0.2) is 0 Å². The van der Waals surface area contributed by atoms with Crippen molar-refractivity contribution in [3.8, 4) is 0 Å². The van der Waals surface area contributed by atoms with Gasteiger partial charge in [0, 0.05) is 12.6 Å². The molecular formula is C14H28N2O. The van der Waals surface area contributed by atoms with Crippen molar-refractivity contribution in [3.63, 3.8) is 0 Å². The van der Waals surface area contributed by atoms with Gasteiger partial charge in [0.25, 0.3) is 0 Å². The summed E-state index contributed by atoms with van der Waals surface area (Å²) in [5, 5.41) is 3.17. The number of hydrogen-bond donors (Lipinski definition) is 2. The van der Waals surface area contributed by atoms with Crippen LogP contribution < -0.4 is 11.1 Å². The van der Waals surface area contributed by atoms with Crippen LogP contribution >= 0.6 is 0 Å². The SMILES string of the molecule is CC(C)C(CN)C(=O)NC1CCC(C)(C)CC1. The molecular weight excluding hydrogens is 212 g/mol. The molecule has 0 heterocycles. The lowest BCUT2D eigenvalue weighted by Crippen LogP contribution is -2.45. The lowest BCUT2D eigenvalue weighted by molar-refractivity contribution is -0.127. The summed E-state index contributed by atoms with van der Waals surface area (Å²) in [6.07, 6.45) is 4.61. The molecule has 1 atom stereocenters. The van der Waals surface area contributed by atoms with Crippen molar-refractivity contribution < 1.29 is 4.79 Å². The predicted octanol–water partition coefficient (Wildman–Crippen LogP) is 2.30. The Labute approximate surface area is 106 Å². The maximum atomic E-state index is 12.1. The molecule has 0 aromatic carbocycles. The Balaban J connectivity index is 2.42. The fourth-order valence-electron chi connectivity index (χ4n) is 2.53. The molecule has 0 saturated heterocycles. The Kier molecular flexibility index (Phi) is 4.99. The van der Waals surface area contributed by atoms with Crippen LogP contribution in [0.4, 0.5) is 0 Å². The minimum Gasteiger partial charge on any atom is -0.353 e. The highest BCUT2D eigenvalue weighted by atomic mass is 16.2. The van der Waals surface area contributed by atoms with E-state index < -0.39 is 0 Å². The summed E-state index contributed by atoms with van der Waals surface area (Å²) >= 11 is 0. The number of rotatable bonds is 4. The largest absolute Gasteiger partial charge is 0.353 e. The summed E-state index contributed by atoms with van der Waals surface area (Å²) < 4.78 is 0. The number of amides is 1. The van der Waals surface area contributed by atoms with E-state index in [9.17, 15) is 4.79 Å². The molecule has 3 nitrogen and oxygen atoms in total. The summed E-state index contributed by atoms with van der Waals surface area (Å²) in [4.78, 5) is 12.1. The van der Waals surface area contributed by atoms with Crippen LogP contribution in [0.5, 0.6) is 0 Å². The van der Waals surface area contributed by atoms with E-state index in [1.54, 1.807) is 0 Å². The Bertz CT molecular complexity index is 251. The van der Waals surface area contributed by atoms with Crippen molar-refractivity contribution in [2.75, 3.05) is 6.54 Å². The van der Waals surface area contributed by atoms with Crippen LogP contribution in [0.3, 0.4) is 0 Å². The molecule has 1 aliphatic rings. The first-order valence-electron chi connectivity index (χ1n) is 6.86. The van der Waals surface area contributed by atoms with Gasteiger partial charge in [-0.3, -0.25) is 4.79 Å². The van der Waals surface area contributed by atoms with Gasteiger partial charge in [-0.2, -0.15) is 0 Å². The second-order valence-electron chi connectivity index (χ2n) is 6.53. The number of nitrogens with one attached hydrogen (secondary N) is 1. The van der Waals surface area contributed by atoms with Gasteiger partial charge in [0.05, 0.1) is 5.92 Å². The zero-order valence-electron chi connectivity index (χ0n) is 11.8. The van der Waals surface area contributed by atoms with Crippen molar-refractivity contribution in [2.45, 2.75) is 59.4 Å². The van der Waals surface area contributed by atoms with Gasteiger partial charge in [0.2, 0.25) is 5.91 Å². The zero-order valence-corrected chi connectivity index (χ0v) is 11.8. The number of carbonyl (C=O) groups is 1. The van der Waals surface area contributed by atoms with Crippen LogP contribution in [-0.4, -0.2) is 18.5 Å². The maximum Gasteiger partial charge on any atom is 0.224 e. The first kappa shape index (κ1) is 14.5. The van der Waals surface area contributed by atoms with Crippen LogP contribution in [0.2, 0.25) is 0 Å². The van der Waals surface area contributed by atoms with Gasteiger partial charge in [0.1, 0.15) is 0 Å². The smallest absolute Gasteiger partial charge is 0.224 e. The third-order valence-corrected chi connectivity index (χ3v) is 4.08. The topological polar surface area (TPSA) is 55.1 Å².